The maximum atomic E-state index is 12.0. The van der Waals surface area contributed by atoms with Gasteiger partial charge in [0, 0.05) is 29.2 Å². The summed E-state index contributed by atoms with van der Waals surface area (Å²) in [6.45, 7) is 1.09. The molecule has 6 heteroatoms. The normalized spacial score (nSPS) is 10.2. The Hall–Kier alpha value is -2.91. The predicted octanol–water partition coefficient (Wildman–Crippen LogP) is 2.91. The predicted molar refractivity (Wildman–Crippen MR) is 89.0 cm³/mol. The fourth-order valence-electron chi connectivity index (χ4n) is 2.13. The number of carbonyl (C=O) groups excluding carboxylic acids is 1. The Labute approximate surface area is 137 Å². The van der Waals surface area contributed by atoms with Crippen LogP contribution in [0.5, 0.6) is 0 Å². The van der Waals surface area contributed by atoms with E-state index in [1.807, 2.05) is 34.5 Å². The zero-order valence-corrected chi connectivity index (χ0v) is 13.1. The highest BCUT2D eigenvalue weighted by Gasteiger charge is 2.06. The smallest absolute Gasteiger partial charge is 0.251 e. The molecule has 3 aromatic rings. The molecule has 0 bridgehead atoms. The minimum atomic E-state index is -0.153. The second kappa shape index (κ2) is 6.90. The second-order valence-electron chi connectivity index (χ2n) is 4.92. The highest BCUT2D eigenvalue weighted by atomic mass is 32.1. The first kappa shape index (κ1) is 15.0. The molecule has 0 aliphatic rings. The van der Waals surface area contributed by atoms with Gasteiger partial charge in [0.05, 0.1) is 23.9 Å². The van der Waals surface area contributed by atoms with E-state index in [2.05, 4.69) is 15.8 Å². The highest BCUT2D eigenvalue weighted by molar-refractivity contribution is 7.08. The summed E-state index contributed by atoms with van der Waals surface area (Å²) >= 11 is 1.64. The van der Waals surface area contributed by atoms with Gasteiger partial charge in [-0.3, -0.25) is 9.48 Å². The number of rotatable bonds is 5. The summed E-state index contributed by atoms with van der Waals surface area (Å²) in [5.74, 6) is -0.153. The number of nitrogens with one attached hydrogen (secondary N) is 1. The molecule has 114 valence electrons. The summed E-state index contributed by atoms with van der Waals surface area (Å²) in [4.78, 5) is 12.0. The van der Waals surface area contributed by atoms with Crippen molar-refractivity contribution in [1.82, 2.24) is 15.1 Å². The minimum absolute atomic E-state index is 0.153. The highest BCUT2D eigenvalue weighted by Crippen LogP contribution is 2.19. The van der Waals surface area contributed by atoms with Crippen LogP contribution in [-0.4, -0.2) is 22.2 Å². The van der Waals surface area contributed by atoms with E-state index in [1.54, 1.807) is 35.6 Å². The zero-order chi connectivity index (χ0) is 16.1. The van der Waals surface area contributed by atoms with Crippen LogP contribution < -0.4 is 5.32 Å². The number of aromatic nitrogens is 2. The van der Waals surface area contributed by atoms with Gasteiger partial charge in [-0.1, -0.05) is 0 Å². The van der Waals surface area contributed by atoms with Crippen LogP contribution in [0.25, 0.3) is 11.3 Å². The third-order valence-corrected chi connectivity index (χ3v) is 4.04. The van der Waals surface area contributed by atoms with E-state index < -0.39 is 0 Å². The summed E-state index contributed by atoms with van der Waals surface area (Å²) < 4.78 is 1.81. The van der Waals surface area contributed by atoms with E-state index in [0.29, 0.717) is 24.2 Å². The fraction of sp³-hybridized carbons (Fsp3) is 0.118. The summed E-state index contributed by atoms with van der Waals surface area (Å²) in [7, 11) is 0. The Morgan fingerprint density at radius 2 is 2.09 bits per heavy atom. The van der Waals surface area contributed by atoms with Gasteiger partial charge < -0.3 is 5.32 Å². The molecule has 0 saturated heterocycles. The van der Waals surface area contributed by atoms with Crippen LogP contribution in [0.2, 0.25) is 0 Å². The number of hydrogen-bond donors (Lipinski definition) is 1. The molecule has 0 aliphatic carbocycles. The van der Waals surface area contributed by atoms with Crippen LogP contribution >= 0.6 is 11.3 Å². The number of thiophene rings is 1. The van der Waals surface area contributed by atoms with Gasteiger partial charge in [-0.25, -0.2) is 0 Å². The molecule has 0 saturated carbocycles. The van der Waals surface area contributed by atoms with E-state index in [-0.39, 0.29) is 5.91 Å². The van der Waals surface area contributed by atoms with Crippen molar-refractivity contribution in [2.24, 2.45) is 0 Å². The molecule has 0 fully saturated rings. The second-order valence-corrected chi connectivity index (χ2v) is 5.70. The van der Waals surface area contributed by atoms with Crippen LogP contribution in [0.1, 0.15) is 15.9 Å². The first-order chi connectivity index (χ1) is 11.3. The number of hydrogen-bond acceptors (Lipinski definition) is 4. The van der Waals surface area contributed by atoms with Crippen molar-refractivity contribution in [3.05, 3.63) is 64.5 Å². The lowest BCUT2D eigenvalue weighted by Gasteiger charge is -2.05. The number of amides is 1. The van der Waals surface area contributed by atoms with E-state index in [0.717, 1.165) is 11.3 Å². The lowest BCUT2D eigenvalue weighted by molar-refractivity contribution is 0.0952. The molecule has 0 spiro atoms. The van der Waals surface area contributed by atoms with Crippen LogP contribution in [0.15, 0.2) is 53.4 Å². The van der Waals surface area contributed by atoms with Crippen LogP contribution in [0, 0.1) is 11.3 Å². The Kier molecular flexibility index (Phi) is 4.50. The molecular weight excluding hydrogens is 308 g/mol. The Morgan fingerprint density at radius 3 is 2.78 bits per heavy atom. The van der Waals surface area contributed by atoms with Crippen molar-refractivity contribution in [1.29, 1.82) is 5.26 Å². The van der Waals surface area contributed by atoms with Gasteiger partial charge >= 0.3 is 0 Å². The van der Waals surface area contributed by atoms with Gasteiger partial charge in [0.15, 0.2) is 0 Å². The van der Waals surface area contributed by atoms with E-state index in [4.69, 9.17) is 5.26 Å². The van der Waals surface area contributed by atoms with Gasteiger partial charge in [-0.2, -0.15) is 21.7 Å². The number of nitriles is 1. The molecule has 0 unspecified atom stereocenters. The fourth-order valence-corrected chi connectivity index (χ4v) is 2.78. The molecule has 3 rings (SSSR count). The molecule has 5 nitrogen and oxygen atoms in total. The average Bonchev–Trinajstić information content (AvgIpc) is 3.26. The summed E-state index contributed by atoms with van der Waals surface area (Å²) in [5.41, 5.74) is 3.13. The standard InChI is InChI=1S/C17H14N4OS/c18-11-13-1-3-14(4-2-13)17(22)19-7-9-21-8-5-16(20-21)15-6-10-23-12-15/h1-6,8,10,12H,7,9H2,(H,19,22). The molecule has 0 radical (unpaired) electrons. The van der Waals surface area contributed by atoms with E-state index >= 15 is 0 Å². The third-order valence-electron chi connectivity index (χ3n) is 3.36. The molecule has 1 amide bonds. The van der Waals surface area contributed by atoms with Crippen molar-refractivity contribution in [2.75, 3.05) is 6.54 Å². The van der Waals surface area contributed by atoms with Crippen molar-refractivity contribution in [3.8, 4) is 17.3 Å². The van der Waals surface area contributed by atoms with Gasteiger partial charge in [0.25, 0.3) is 5.91 Å². The van der Waals surface area contributed by atoms with Crippen molar-refractivity contribution >= 4 is 17.2 Å². The first-order valence-electron chi connectivity index (χ1n) is 7.10. The Bertz CT molecular complexity index is 828. The quantitative estimate of drug-likeness (QED) is 0.785. The molecule has 1 aromatic carbocycles. The van der Waals surface area contributed by atoms with Crippen LogP contribution in [-0.2, 0) is 6.54 Å². The zero-order valence-electron chi connectivity index (χ0n) is 12.3. The summed E-state index contributed by atoms with van der Waals surface area (Å²) in [5, 5.41) is 20.1. The monoisotopic (exact) mass is 322 g/mol. The molecule has 23 heavy (non-hydrogen) atoms. The summed E-state index contributed by atoms with van der Waals surface area (Å²) in [6.07, 6.45) is 1.90. The van der Waals surface area contributed by atoms with Gasteiger partial charge in [0.1, 0.15) is 0 Å². The number of carbonyl (C=O) groups is 1. The Balaban J connectivity index is 1.53. The first-order valence-corrected chi connectivity index (χ1v) is 8.05. The van der Waals surface area contributed by atoms with Gasteiger partial charge in [-0.15, -0.1) is 0 Å². The molecular formula is C17H14N4OS. The number of nitrogens with zero attached hydrogens (tertiary/aromatic N) is 3. The van der Waals surface area contributed by atoms with E-state index in [1.165, 1.54) is 0 Å². The summed E-state index contributed by atoms with van der Waals surface area (Å²) in [6, 6.07) is 12.6. The lowest BCUT2D eigenvalue weighted by Crippen LogP contribution is -2.27. The SMILES string of the molecule is N#Cc1ccc(C(=O)NCCn2ccc(-c3ccsc3)n2)cc1. The van der Waals surface area contributed by atoms with Crippen LogP contribution in [0.3, 0.4) is 0 Å². The molecule has 1 N–H and O–H groups in total. The molecule has 0 atom stereocenters. The van der Waals surface area contributed by atoms with Gasteiger partial charge in [0.2, 0.25) is 0 Å². The van der Waals surface area contributed by atoms with Crippen LogP contribution in [0.4, 0.5) is 0 Å². The van der Waals surface area contributed by atoms with Crippen molar-refractivity contribution in [3.63, 3.8) is 0 Å². The Morgan fingerprint density at radius 1 is 1.26 bits per heavy atom. The molecule has 2 aromatic heterocycles. The van der Waals surface area contributed by atoms with E-state index in [9.17, 15) is 4.79 Å². The largest absolute Gasteiger partial charge is 0.350 e. The molecule has 0 aliphatic heterocycles. The van der Waals surface area contributed by atoms with Gasteiger partial charge in [-0.05, 0) is 41.8 Å². The average molecular weight is 322 g/mol. The maximum Gasteiger partial charge on any atom is 0.251 e. The topological polar surface area (TPSA) is 70.7 Å². The maximum absolute atomic E-state index is 12.0. The number of benzene rings is 1. The molecule has 2 heterocycles. The van der Waals surface area contributed by atoms with Crippen molar-refractivity contribution in [2.45, 2.75) is 6.54 Å². The third kappa shape index (κ3) is 3.65. The van der Waals surface area contributed by atoms with Crippen molar-refractivity contribution < 1.29 is 4.79 Å². The minimum Gasteiger partial charge on any atom is -0.350 e. The lowest BCUT2D eigenvalue weighted by atomic mass is 10.1.